The van der Waals surface area contributed by atoms with Crippen molar-refractivity contribution < 1.29 is 9.21 Å². The van der Waals surface area contributed by atoms with Gasteiger partial charge in [-0.15, -0.1) is 16.4 Å². The molecule has 2 heterocycles. The van der Waals surface area contributed by atoms with E-state index < -0.39 is 5.91 Å². The van der Waals surface area contributed by atoms with Crippen molar-refractivity contribution in [2.45, 2.75) is 6.92 Å². The van der Waals surface area contributed by atoms with E-state index in [1.165, 1.54) is 29.5 Å². The average Bonchev–Trinajstić information content (AvgIpc) is 3.06. The van der Waals surface area contributed by atoms with E-state index in [1.54, 1.807) is 5.38 Å². The fraction of sp³-hybridized carbons (Fsp3) is 0.0769. The van der Waals surface area contributed by atoms with Crippen molar-refractivity contribution in [2.75, 3.05) is 5.32 Å². The van der Waals surface area contributed by atoms with Crippen LogP contribution in [0.15, 0.2) is 28.0 Å². The fourth-order valence-electron chi connectivity index (χ4n) is 1.69. The Labute approximate surface area is 139 Å². The summed E-state index contributed by atoms with van der Waals surface area (Å²) < 4.78 is 5.36. The van der Waals surface area contributed by atoms with Crippen molar-refractivity contribution in [3.63, 3.8) is 0 Å². The monoisotopic (exact) mass is 354 g/mol. The van der Waals surface area contributed by atoms with Gasteiger partial charge in [0.15, 0.2) is 0 Å². The zero-order valence-electron chi connectivity index (χ0n) is 11.1. The second-order valence-electron chi connectivity index (χ2n) is 4.28. The van der Waals surface area contributed by atoms with Gasteiger partial charge in [0.2, 0.25) is 0 Å². The third-order valence-electron chi connectivity index (χ3n) is 2.61. The maximum absolute atomic E-state index is 12.1. The van der Waals surface area contributed by atoms with Gasteiger partial charge in [0.05, 0.1) is 5.01 Å². The van der Waals surface area contributed by atoms with Crippen LogP contribution in [-0.4, -0.2) is 21.1 Å². The molecule has 0 saturated carbocycles. The number of amides is 1. The lowest BCUT2D eigenvalue weighted by molar-refractivity contribution is 0.102. The van der Waals surface area contributed by atoms with Gasteiger partial charge in [0.25, 0.3) is 11.8 Å². The van der Waals surface area contributed by atoms with Crippen LogP contribution in [0.4, 0.5) is 6.01 Å². The number of rotatable bonds is 3. The number of carbonyl (C=O) groups is 1. The SMILES string of the molecule is Cc1nc(-c2nnc(NC(=O)c3cc(Cl)cc(Cl)c3)o2)cs1. The number of nitrogens with zero attached hydrogens (tertiary/aromatic N) is 3. The van der Waals surface area contributed by atoms with Crippen molar-refractivity contribution in [3.05, 3.63) is 44.2 Å². The number of halogens is 2. The molecule has 0 spiro atoms. The van der Waals surface area contributed by atoms with Crippen molar-refractivity contribution >= 4 is 46.5 Å². The Morgan fingerprint density at radius 2 is 1.95 bits per heavy atom. The number of aryl methyl sites for hydroxylation is 1. The Kier molecular flexibility index (Phi) is 4.10. The predicted molar refractivity (Wildman–Crippen MR) is 84.6 cm³/mol. The van der Waals surface area contributed by atoms with Gasteiger partial charge in [-0.25, -0.2) is 4.98 Å². The summed E-state index contributed by atoms with van der Waals surface area (Å²) in [6.45, 7) is 1.87. The van der Waals surface area contributed by atoms with Crippen LogP contribution in [0.2, 0.25) is 10.0 Å². The van der Waals surface area contributed by atoms with E-state index >= 15 is 0 Å². The fourth-order valence-corrected chi connectivity index (χ4v) is 2.81. The first-order chi connectivity index (χ1) is 10.5. The third kappa shape index (κ3) is 3.27. The first-order valence-corrected chi connectivity index (χ1v) is 7.68. The highest BCUT2D eigenvalue weighted by Crippen LogP contribution is 2.23. The molecule has 0 aliphatic rings. The minimum Gasteiger partial charge on any atom is -0.401 e. The zero-order valence-corrected chi connectivity index (χ0v) is 13.5. The van der Waals surface area contributed by atoms with Crippen LogP contribution < -0.4 is 5.32 Å². The Hall–Kier alpha value is -1.96. The topological polar surface area (TPSA) is 80.9 Å². The van der Waals surface area contributed by atoms with Gasteiger partial charge >= 0.3 is 6.01 Å². The number of hydrogen-bond acceptors (Lipinski definition) is 6. The molecule has 112 valence electrons. The summed E-state index contributed by atoms with van der Waals surface area (Å²) in [6.07, 6.45) is 0. The molecule has 3 aromatic rings. The number of nitrogens with one attached hydrogen (secondary N) is 1. The molecule has 3 rings (SSSR count). The zero-order chi connectivity index (χ0) is 15.7. The van der Waals surface area contributed by atoms with Crippen LogP contribution >= 0.6 is 34.5 Å². The van der Waals surface area contributed by atoms with Crippen molar-refractivity contribution in [3.8, 4) is 11.6 Å². The highest BCUT2D eigenvalue weighted by atomic mass is 35.5. The first-order valence-electron chi connectivity index (χ1n) is 6.05. The van der Waals surface area contributed by atoms with Gasteiger partial charge in [0, 0.05) is 21.0 Å². The second kappa shape index (κ2) is 6.04. The van der Waals surface area contributed by atoms with E-state index in [0.717, 1.165) is 5.01 Å². The number of hydrogen-bond donors (Lipinski definition) is 1. The molecule has 1 amide bonds. The normalized spacial score (nSPS) is 10.7. The summed E-state index contributed by atoms with van der Waals surface area (Å²) in [6, 6.07) is 4.49. The Bertz CT molecular complexity index is 826. The van der Waals surface area contributed by atoms with Gasteiger partial charge in [-0.2, -0.15) is 0 Å². The van der Waals surface area contributed by atoms with Crippen molar-refractivity contribution in [1.82, 2.24) is 15.2 Å². The van der Waals surface area contributed by atoms with Crippen LogP contribution in [0.5, 0.6) is 0 Å². The molecular weight excluding hydrogens is 347 g/mol. The number of anilines is 1. The van der Waals surface area contributed by atoms with E-state index in [4.69, 9.17) is 27.6 Å². The van der Waals surface area contributed by atoms with Crippen molar-refractivity contribution in [1.29, 1.82) is 0 Å². The summed E-state index contributed by atoms with van der Waals surface area (Å²) in [7, 11) is 0. The van der Waals surface area contributed by atoms with Crippen LogP contribution in [0, 0.1) is 6.92 Å². The molecule has 0 fully saturated rings. The van der Waals surface area contributed by atoms with Gasteiger partial charge < -0.3 is 4.42 Å². The van der Waals surface area contributed by atoms with Gasteiger partial charge in [0.1, 0.15) is 5.69 Å². The molecule has 2 aromatic heterocycles. The van der Waals surface area contributed by atoms with Gasteiger partial charge in [-0.1, -0.05) is 28.3 Å². The standard InChI is InChI=1S/C13H8Cl2N4O2S/c1-6-16-10(5-22-6)12-18-19-13(21-12)17-11(20)7-2-8(14)4-9(15)3-7/h2-5H,1H3,(H,17,19,20). The van der Waals surface area contributed by atoms with E-state index in [2.05, 4.69) is 20.5 Å². The largest absolute Gasteiger partial charge is 0.401 e. The summed E-state index contributed by atoms with van der Waals surface area (Å²) in [5, 5.41) is 13.5. The van der Waals surface area contributed by atoms with E-state index in [9.17, 15) is 4.79 Å². The summed E-state index contributed by atoms with van der Waals surface area (Å²) in [5.74, 6) is -0.210. The maximum atomic E-state index is 12.1. The molecule has 0 unspecified atom stereocenters. The Morgan fingerprint density at radius 3 is 2.59 bits per heavy atom. The second-order valence-corrected chi connectivity index (χ2v) is 6.21. The van der Waals surface area contributed by atoms with Gasteiger partial charge in [-0.05, 0) is 25.1 Å². The molecule has 0 atom stereocenters. The van der Waals surface area contributed by atoms with Crippen LogP contribution in [0.25, 0.3) is 11.6 Å². The molecule has 0 bridgehead atoms. The molecule has 0 aliphatic carbocycles. The number of thiazole rings is 1. The number of benzene rings is 1. The summed E-state index contributed by atoms with van der Waals surface area (Å²) in [5.41, 5.74) is 0.864. The van der Waals surface area contributed by atoms with Crippen molar-refractivity contribution in [2.24, 2.45) is 0 Å². The van der Waals surface area contributed by atoms with Crippen LogP contribution in [-0.2, 0) is 0 Å². The Morgan fingerprint density at radius 1 is 1.23 bits per heavy atom. The predicted octanol–water partition coefficient (Wildman–Crippen LogP) is 4.06. The maximum Gasteiger partial charge on any atom is 0.322 e. The highest BCUT2D eigenvalue weighted by molar-refractivity contribution is 7.09. The molecule has 0 aliphatic heterocycles. The lowest BCUT2D eigenvalue weighted by atomic mass is 10.2. The molecule has 0 saturated heterocycles. The molecule has 9 heteroatoms. The quantitative estimate of drug-likeness (QED) is 0.766. The third-order valence-corrected chi connectivity index (χ3v) is 3.82. The van der Waals surface area contributed by atoms with Gasteiger partial charge in [-0.3, -0.25) is 10.1 Å². The van der Waals surface area contributed by atoms with Crippen LogP contribution in [0.1, 0.15) is 15.4 Å². The minimum absolute atomic E-state index is 0.0262. The van der Waals surface area contributed by atoms with E-state index in [-0.39, 0.29) is 11.9 Å². The average molecular weight is 355 g/mol. The molecule has 6 nitrogen and oxygen atoms in total. The van der Waals surface area contributed by atoms with E-state index in [0.29, 0.717) is 21.3 Å². The molecule has 1 aromatic carbocycles. The van der Waals surface area contributed by atoms with E-state index in [1.807, 2.05) is 6.92 Å². The lowest BCUT2D eigenvalue weighted by Gasteiger charge is -2.02. The van der Waals surface area contributed by atoms with Crippen LogP contribution in [0.3, 0.4) is 0 Å². The lowest BCUT2D eigenvalue weighted by Crippen LogP contribution is -2.12. The number of carbonyl (C=O) groups excluding carboxylic acids is 1. The first kappa shape index (κ1) is 15.0. The minimum atomic E-state index is -0.450. The summed E-state index contributed by atoms with van der Waals surface area (Å²) >= 11 is 13.2. The molecule has 22 heavy (non-hydrogen) atoms. The Balaban J connectivity index is 1.78. The summed E-state index contributed by atoms with van der Waals surface area (Å²) in [4.78, 5) is 16.3. The molecule has 0 radical (unpaired) electrons. The smallest absolute Gasteiger partial charge is 0.322 e. The number of aromatic nitrogens is 3. The highest BCUT2D eigenvalue weighted by Gasteiger charge is 2.15. The molecular formula is C13H8Cl2N4O2S. The molecule has 1 N–H and O–H groups in total.